The maximum Gasteiger partial charge on any atom is 0.367 e. The first kappa shape index (κ1) is 14.3. The van der Waals surface area contributed by atoms with Crippen molar-refractivity contribution in [3.05, 3.63) is 10.4 Å². The highest BCUT2D eigenvalue weighted by Gasteiger charge is 2.32. The number of aromatic nitrogens is 1. The number of thiazole rings is 1. The van der Waals surface area contributed by atoms with Crippen LogP contribution in [0.25, 0.3) is 0 Å². The van der Waals surface area contributed by atoms with Crippen LogP contribution in [0.15, 0.2) is 5.38 Å². The highest BCUT2D eigenvalue weighted by atomic mass is 32.1. The van der Waals surface area contributed by atoms with Crippen LogP contribution in [0.2, 0.25) is 0 Å². The zero-order valence-corrected chi connectivity index (χ0v) is 12.6. The predicted octanol–water partition coefficient (Wildman–Crippen LogP) is 0.225. The monoisotopic (exact) mass is 311 g/mol. The quantitative estimate of drug-likeness (QED) is 0.744. The minimum absolute atomic E-state index is 0.0433. The highest BCUT2D eigenvalue weighted by Crippen LogP contribution is 2.22. The van der Waals surface area contributed by atoms with Crippen molar-refractivity contribution in [2.45, 2.75) is 0 Å². The van der Waals surface area contributed by atoms with E-state index in [2.05, 4.69) is 14.6 Å². The Morgan fingerprint density at radius 3 is 2.62 bits per heavy atom. The lowest BCUT2D eigenvalue weighted by Gasteiger charge is -2.38. The van der Waals surface area contributed by atoms with Gasteiger partial charge in [0.15, 0.2) is 0 Å². The van der Waals surface area contributed by atoms with E-state index in [4.69, 9.17) is 4.74 Å². The number of hydrogen-bond donors (Lipinski definition) is 0. The Morgan fingerprint density at radius 2 is 2.05 bits per heavy atom. The molecule has 2 fully saturated rings. The number of rotatable bonds is 3. The van der Waals surface area contributed by atoms with Crippen molar-refractivity contribution in [3.63, 3.8) is 0 Å². The molecule has 0 unspecified atom stereocenters. The lowest BCUT2D eigenvalue weighted by Crippen LogP contribution is -2.53. The van der Waals surface area contributed by atoms with Crippen LogP contribution in [-0.2, 0) is 14.3 Å². The maximum absolute atomic E-state index is 12.1. The molecule has 0 bridgehead atoms. The van der Waals surface area contributed by atoms with Gasteiger partial charge in [-0.25, -0.2) is 9.78 Å². The van der Waals surface area contributed by atoms with Gasteiger partial charge in [-0.2, -0.15) is 0 Å². The van der Waals surface area contributed by atoms with Gasteiger partial charge in [-0.1, -0.05) is 0 Å². The molecule has 0 N–H and O–H groups in total. The van der Waals surface area contributed by atoms with Crippen molar-refractivity contribution in [3.8, 4) is 0 Å². The van der Waals surface area contributed by atoms with Crippen molar-refractivity contribution in [2.75, 3.05) is 51.4 Å². The van der Waals surface area contributed by atoms with E-state index in [1.165, 1.54) is 18.4 Å². The van der Waals surface area contributed by atoms with E-state index in [1.54, 1.807) is 0 Å². The van der Waals surface area contributed by atoms with Gasteiger partial charge < -0.3 is 19.3 Å². The first-order valence-corrected chi connectivity index (χ1v) is 7.72. The summed E-state index contributed by atoms with van der Waals surface area (Å²) in [5, 5.41) is 2.21. The molecule has 0 radical (unpaired) electrons. The number of esters is 1. The van der Waals surface area contributed by atoms with Crippen LogP contribution in [0, 0.1) is 5.92 Å². The first-order chi connectivity index (χ1) is 10.2. The fourth-order valence-electron chi connectivity index (χ4n) is 2.38. The Morgan fingerprint density at radius 1 is 1.33 bits per heavy atom. The molecule has 2 aliphatic heterocycles. The van der Waals surface area contributed by atoms with Gasteiger partial charge in [0.2, 0.25) is 10.9 Å². The Kier molecular flexibility index (Phi) is 4.07. The largest absolute Gasteiger partial charge is 0.464 e. The summed E-state index contributed by atoms with van der Waals surface area (Å²) in [6, 6.07) is 0. The van der Waals surface area contributed by atoms with Gasteiger partial charge in [-0.15, -0.1) is 11.3 Å². The SMILES string of the molecule is COC(=O)c1nc(N2CCN(C(=O)C3COC3)CC2)cs1. The van der Waals surface area contributed by atoms with E-state index < -0.39 is 5.97 Å². The number of carbonyl (C=O) groups is 2. The van der Waals surface area contributed by atoms with E-state index >= 15 is 0 Å². The molecule has 0 atom stereocenters. The summed E-state index contributed by atoms with van der Waals surface area (Å²) in [7, 11) is 1.35. The molecule has 0 aromatic carbocycles. The molecule has 21 heavy (non-hydrogen) atoms. The Bertz CT molecular complexity index is 535. The molecular formula is C13H17N3O4S. The third-order valence-electron chi connectivity index (χ3n) is 3.75. The summed E-state index contributed by atoms with van der Waals surface area (Å²) < 4.78 is 9.72. The summed E-state index contributed by atoms with van der Waals surface area (Å²) in [6.45, 7) is 3.91. The van der Waals surface area contributed by atoms with Gasteiger partial charge in [0.25, 0.3) is 0 Å². The number of amides is 1. The van der Waals surface area contributed by atoms with E-state index in [1.807, 2.05) is 10.3 Å². The van der Waals surface area contributed by atoms with Crippen molar-refractivity contribution in [1.29, 1.82) is 0 Å². The van der Waals surface area contributed by atoms with Crippen LogP contribution in [-0.4, -0.2) is 68.3 Å². The lowest BCUT2D eigenvalue weighted by molar-refractivity contribution is -0.150. The smallest absolute Gasteiger partial charge is 0.367 e. The summed E-state index contributed by atoms with van der Waals surface area (Å²) in [6.07, 6.45) is 0. The van der Waals surface area contributed by atoms with Crippen molar-refractivity contribution < 1.29 is 19.1 Å². The van der Waals surface area contributed by atoms with Gasteiger partial charge >= 0.3 is 5.97 Å². The third-order valence-corrected chi connectivity index (χ3v) is 4.56. The zero-order chi connectivity index (χ0) is 14.8. The van der Waals surface area contributed by atoms with Crippen LogP contribution in [0.1, 0.15) is 9.80 Å². The summed E-state index contributed by atoms with van der Waals surface area (Å²) in [4.78, 5) is 31.8. The molecule has 0 spiro atoms. The molecule has 8 heteroatoms. The summed E-state index contributed by atoms with van der Waals surface area (Å²) >= 11 is 1.28. The molecule has 1 amide bonds. The molecule has 1 aromatic rings. The molecule has 0 aliphatic carbocycles. The van der Waals surface area contributed by atoms with Crippen LogP contribution in [0.3, 0.4) is 0 Å². The van der Waals surface area contributed by atoms with E-state index in [0.717, 1.165) is 18.9 Å². The fourth-order valence-corrected chi connectivity index (χ4v) is 3.13. The van der Waals surface area contributed by atoms with Gasteiger partial charge in [0, 0.05) is 31.6 Å². The number of carbonyl (C=O) groups excluding carboxylic acids is 2. The van der Waals surface area contributed by atoms with Crippen molar-refractivity contribution >= 4 is 29.0 Å². The molecule has 2 aliphatic rings. The maximum atomic E-state index is 12.1. The molecule has 3 rings (SSSR count). The molecule has 0 saturated carbocycles. The fraction of sp³-hybridized carbons (Fsp3) is 0.615. The van der Waals surface area contributed by atoms with E-state index in [0.29, 0.717) is 31.3 Å². The number of piperazine rings is 1. The van der Waals surface area contributed by atoms with E-state index in [9.17, 15) is 9.59 Å². The molecule has 114 valence electrons. The van der Waals surface area contributed by atoms with Crippen molar-refractivity contribution in [2.24, 2.45) is 5.92 Å². The van der Waals surface area contributed by atoms with Crippen LogP contribution in [0.5, 0.6) is 0 Å². The van der Waals surface area contributed by atoms with Gasteiger partial charge in [-0.05, 0) is 0 Å². The van der Waals surface area contributed by atoms with Crippen LogP contribution in [0.4, 0.5) is 5.82 Å². The number of anilines is 1. The molecule has 1 aromatic heterocycles. The number of nitrogens with zero attached hydrogens (tertiary/aromatic N) is 3. The lowest BCUT2D eigenvalue weighted by atomic mass is 10.1. The minimum atomic E-state index is -0.412. The van der Waals surface area contributed by atoms with Crippen LogP contribution < -0.4 is 4.90 Å². The van der Waals surface area contributed by atoms with E-state index in [-0.39, 0.29) is 11.8 Å². The number of hydrogen-bond acceptors (Lipinski definition) is 7. The minimum Gasteiger partial charge on any atom is -0.464 e. The normalized spacial score (nSPS) is 19.3. The Balaban J connectivity index is 1.56. The topological polar surface area (TPSA) is 72.0 Å². The molecule has 2 saturated heterocycles. The Labute approximate surface area is 126 Å². The highest BCUT2D eigenvalue weighted by molar-refractivity contribution is 7.12. The number of methoxy groups -OCH3 is 1. The standard InChI is InChI=1S/C13H17N3O4S/c1-19-13(18)11-14-10(8-21-11)15-2-4-16(5-3-15)12(17)9-6-20-7-9/h8-9H,2-7H2,1H3. The van der Waals surface area contributed by atoms with Gasteiger partial charge in [0.05, 0.1) is 26.2 Å². The van der Waals surface area contributed by atoms with Gasteiger partial charge in [0.1, 0.15) is 5.82 Å². The average molecular weight is 311 g/mol. The Hall–Kier alpha value is -1.67. The molecule has 7 nitrogen and oxygen atoms in total. The third kappa shape index (κ3) is 2.86. The zero-order valence-electron chi connectivity index (χ0n) is 11.8. The molecule has 3 heterocycles. The second kappa shape index (κ2) is 5.98. The van der Waals surface area contributed by atoms with Gasteiger partial charge in [-0.3, -0.25) is 4.79 Å². The second-order valence-electron chi connectivity index (χ2n) is 5.05. The summed E-state index contributed by atoms with van der Waals surface area (Å²) in [5.41, 5.74) is 0. The number of ether oxygens (including phenoxy) is 2. The molecular weight excluding hydrogens is 294 g/mol. The average Bonchev–Trinajstić information content (AvgIpc) is 2.94. The summed E-state index contributed by atoms with van der Waals surface area (Å²) in [5.74, 6) is 0.598. The van der Waals surface area contributed by atoms with Crippen molar-refractivity contribution in [1.82, 2.24) is 9.88 Å². The second-order valence-corrected chi connectivity index (χ2v) is 5.91. The predicted molar refractivity (Wildman–Crippen MR) is 76.6 cm³/mol. The van der Waals surface area contributed by atoms with Crippen LogP contribution >= 0.6 is 11.3 Å². The first-order valence-electron chi connectivity index (χ1n) is 6.84.